The maximum atomic E-state index is 12.2. The Labute approximate surface area is 153 Å². The van der Waals surface area contributed by atoms with Crippen LogP contribution in [0.15, 0.2) is 0 Å². The molecule has 1 nitrogen and oxygen atoms in total. The molecule has 0 aromatic rings. The summed E-state index contributed by atoms with van der Waals surface area (Å²) in [5.41, 5.74) is 0. The SMILES string of the molecule is CC1CC(CCCCCCCCCCC(F)(F)F)C(Br)C(=O)C1C. The Morgan fingerprint density at radius 1 is 0.958 bits per heavy atom. The lowest BCUT2D eigenvalue weighted by Crippen LogP contribution is -2.39. The number of ketones is 1. The second-order valence-corrected chi connectivity index (χ2v) is 8.53. The zero-order valence-corrected chi connectivity index (χ0v) is 16.6. The number of alkyl halides is 4. The van der Waals surface area contributed by atoms with Gasteiger partial charge < -0.3 is 0 Å². The molecule has 0 spiro atoms. The fraction of sp³-hybridized carbons (Fsp3) is 0.947. The van der Waals surface area contributed by atoms with E-state index in [0.29, 0.717) is 24.0 Å². The summed E-state index contributed by atoms with van der Waals surface area (Å²) in [6, 6.07) is 0. The predicted octanol–water partition coefficient (Wildman–Crippen LogP) is 7.07. The highest BCUT2D eigenvalue weighted by molar-refractivity contribution is 9.10. The average molecular weight is 413 g/mol. The van der Waals surface area contributed by atoms with Crippen molar-refractivity contribution in [1.29, 1.82) is 0 Å². The van der Waals surface area contributed by atoms with Gasteiger partial charge in [0.05, 0.1) is 4.83 Å². The quantitative estimate of drug-likeness (QED) is 0.276. The average Bonchev–Trinajstić information content (AvgIpc) is 2.50. The Balaban J connectivity index is 2.00. The molecule has 0 N–H and O–H groups in total. The Morgan fingerprint density at radius 2 is 1.46 bits per heavy atom. The number of carbonyl (C=O) groups excluding carboxylic acids is 1. The highest BCUT2D eigenvalue weighted by atomic mass is 79.9. The molecule has 0 aromatic heterocycles. The minimum atomic E-state index is -4.00. The van der Waals surface area contributed by atoms with Crippen molar-refractivity contribution >= 4 is 21.7 Å². The van der Waals surface area contributed by atoms with Crippen molar-refractivity contribution in [3.05, 3.63) is 0 Å². The molecule has 24 heavy (non-hydrogen) atoms. The number of carbonyl (C=O) groups is 1. The molecule has 0 heterocycles. The van der Waals surface area contributed by atoms with Gasteiger partial charge in [-0.25, -0.2) is 0 Å². The molecule has 5 heteroatoms. The van der Waals surface area contributed by atoms with E-state index in [9.17, 15) is 18.0 Å². The number of unbranched alkanes of at least 4 members (excludes halogenated alkanes) is 7. The predicted molar refractivity (Wildman–Crippen MR) is 96.4 cm³/mol. The first-order valence-corrected chi connectivity index (χ1v) is 10.4. The highest BCUT2D eigenvalue weighted by Crippen LogP contribution is 2.37. The molecule has 0 aromatic carbocycles. The largest absolute Gasteiger partial charge is 0.389 e. The van der Waals surface area contributed by atoms with Crippen LogP contribution in [0.2, 0.25) is 0 Å². The number of hydrogen-bond donors (Lipinski definition) is 0. The van der Waals surface area contributed by atoms with Gasteiger partial charge in [-0.1, -0.05) is 74.7 Å². The van der Waals surface area contributed by atoms with Crippen LogP contribution >= 0.6 is 15.9 Å². The molecule has 1 rings (SSSR count). The van der Waals surface area contributed by atoms with E-state index < -0.39 is 12.6 Å². The third-order valence-corrected chi connectivity index (χ3v) is 6.65. The van der Waals surface area contributed by atoms with Crippen molar-refractivity contribution < 1.29 is 18.0 Å². The third-order valence-electron chi connectivity index (χ3n) is 5.45. The molecular weight excluding hydrogens is 381 g/mol. The van der Waals surface area contributed by atoms with Gasteiger partial charge in [-0.15, -0.1) is 0 Å². The summed E-state index contributed by atoms with van der Waals surface area (Å²) in [5, 5.41) is 0. The normalized spacial score (nSPS) is 28.3. The van der Waals surface area contributed by atoms with Gasteiger partial charge in [0.15, 0.2) is 0 Å². The Bertz CT molecular complexity index is 370. The lowest BCUT2D eigenvalue weighted by Gasteiger charge is -2.35. The van der Waals surface area contributed by atoms with E-state index in [0.717, 1.165) is 51.4 Å². The van der Waals surface area contributed by atoms with Gasteiger partial charge in [0.25, 0.3) is 0 Å². The topological polar surface area (TPSA) is 17.1 Å². The molecule has 4 unspecified atom stereocenters. The van der Waals surface area contributed by atoms with Gasteiger partial charge in [0.1, 0.15) is 5.78 Å². The van der Waals surface area contributed by atoms with E-state index in [4.69, 9.17) is 0 Å². The van der Waals surface area contributed by atoms with E-state index in [-0.39, 0.29) is 17.2 Å². The summed E-state index contributed by atoms with van der Waals surface area (Å²) in [5.74, 6) is 1.47. The smallest absolute Gasteiger partial charge is 0.298 e. The molecule has 1 saturated carbocycles. The van der Waals surface area contributed by atoms with Gasteiger partial charge >= 0.3 is 6.18 Å². The van der Waals surface area contributed by atoms with Crippen LogP contribution in [-0.4, -0.2) is 16.8 Å². The van der Waals surface area contributed by atoms with E-state index in [1.54, 1.807) is 0 Å². The van der Waals surface area contributed by atoms with Crippen molar-refractivity contribution in [3.8, 4) is 0 Å². The molecule has 0 bridgehead atoms. The van der Waals surface area contributed by atoms with E-state index in [1.165, 1.54) is 0 Å². The van der Waals surface area contributed by atoms with Crippen LogP contribution in [0, 0.1) is 17.8 Å². The molecule has 0 aliphatic heterocycles. The molecule has 1 aliphatic carbocycles. The molecule has 4 atom stereocenters. The molecular formula is C19H32BrF3O. The molecule has 1 fully saturated rings. The van der Waals surface area contributed by atoms with Gasteiger partial charge in [0.2, 0.25) is 0 Å². The highest BCUT2D eigenvalue weighted by Gasteiger charge is 2.37. The van der Waals surface area contributed by atoms with Crippen molar-refractivity contribution in [2.45, 2.75) is 95.5 Å². The second kappa shape index (κ2) is 10.8. The van der Waals surface area contributed by atoms with Gasteiger partial charge in [0, 0.05) is 12.3 Å². The fourth-order valence-corrected chi connectivity index (χ4v) is 4.52. The van der Waals surface area contributed by atoms with Crippen LogP contribution in [0.4, 0.5) is 13.2 Å². The number of hydrogen-bond acceptors (Lipinski definition) is 1. The maximum Gasteiger partial charge on any atom is 0.389 e. The van der Waals surface area contributed by atoms with Crippen LogP contribution in [0.3, 0.4) is 0 Å². The Morgan fingerprint density at radius 3 is 2.00 bits per heavy atom. The summed E-state index contributed by atoms with van der Waals surface area (Å²) in [6.45, 7) is 4.21. The van der Waals surface area contributed by atoms with Crippen LogP contribution in [0.1, 0.15) is 84.5 Å². The first-order chi connectivity index (χ1) is 11.2. The first kappa shape index (κ1) is 22.0. The van der Waals surface area contributed by atoms with Gasteiger partial charge in [-0.05, 0) is 31.1 Å². The standard InChI is InChI=1S/C19H32BrF3O/c1-14-13-16(17(20)18(24)15(14)2)11-9-7-5-3-4-6-8-10-12-19(21,22)23/h14-17H,3-13H2,1-2H3. The Hall–Kier alpha value is -0.0600. The second-order valence-electron chi connectivity index (χ2n) is 7.55. The summed E-state index contributed by atoms with van der Waals surface area (Å²) >= 11 is 3.59. The van der Waals surface area contributed by atoms with Gasteiger partial charge in [-0.3, -0.25) is 4.79 Å². The monoisotopic (exact) mass is 412 g/mol. The first-order valence-electron chi connectivity index (χ1n) is 9.47. The van der Waals surface area contributed by atoms with E-state index >= 15 is 0 Å². The van der Waals surface area contributed by atoms with Crippen molar-refractivity contribution in [2.75, 3.05) is 0 Å². The Kier molecular flexibility index (Phi) is 9.91. The summed E-state index contributed by atoms with van der Waals surface area (Å²) in [6.07, 6.45) is 5.06. The van der Waals surface area contributed by atoms with Crippen molar-refractivity contribution in [1.82, 2.24) is 0 Å². The maximum absolute atomic E-state index is 12.2. The van der Waals surface area contributed by atoms with Crippen molar-refractivity contribution in [2.24, 2.45) is 17.8 Å². The molecule has 142 valence electrons. The van der Waals surface area contributed by atoms with Crippen LogP contribution in [0.25, 0.3) is 0 Å². The zero-order chi connectivity index (χ0) is 18.2. The lowest BCUT2D eigenvalue weighted by molar-refractivity contribution is -0.135. The third kappa shape index (κ3) is 8.35. The van der Waals surface area contributed by atoms with E-state index in [1.807, 2.05) is 6.92 Å². The number of Topliss-reactive ketones (excluding diaryl/α,β-unsaturated/α-hetero) is 1. The van der Waals surface area contributed by atoms with Crippen LogP contribution in [-0.2, 0) is 4.79 Å². The summed E-state index contributed by atoms with van der Waals surface area (Å²) in [7, 11) is 0. The molecule has 0 radical (unpaired) electrons. The summed E-state index contributed by atoms with van der Waals surface area (Å²) < 4.78 is 36.0. The molecule has 1 aliphatic rings. The molecule has 0 amide bonds. The number of rotatable bonds is 10. The van der Waals surface area contributed by atoms with Crippen molar-refractivity contribution in [3.63, 3.8) is 0 Å². The van der Waals surface area contributed by atoms with Crippen LogP contribution < -0.4 is 0 Å². The van der Waals surface area contributed by atoms with E-state index in [2.05, 4.69) is 22.9 Å². The zero-order valence-electron chi connectivity index (χ0n) is 15.0. The number of halogens is 4. The fourth-order valence-electron chi connectivity index (χ4n) is 3.62. The van der Waals surface area contributed by atoms with Gasteiger partial charge in [-0.2, -0.15) is 13.2 Å². The minimum Gasteiger partial charge on any atom is -0.298 e. The molecule has 0 saturated heterocycles. The van der Waals surface area contributed by atoms with Crippen LogP contribution in [0.5, 0.6) is 0 Å². The summed E-state index contributed by atoms with van der Waals surface area (Å²) in [4.78, 5) is 12.2. The lowest BCUT2D eigenvalue weighted by atomic mass is 9.73. The minimum absolute atomic E-state index is 0.0253.